The Hall–Kier alpha value is -4.22. The van der Waals surface area contributed by atoms with E-state index in [0.29, 0.717) is 0 Å². The lowest BCUT2D eigenvalue weighted by Crippen LogP contribution is -2.55. The SMILES string of the molecule is O=C(O)C[C@@H](C(=O)O)N(Cc1ccccc1)C1(c2ccccc2)c2ccccc2-c2ccccc21. The summed E-state index contributed by atoms with van der Waals surface area (Å²) in [6.45, 7) is 0.253. The van der Waals surface area contributed by atoms with E-state index in [1.807, 2.05) is 114 Å². The summed E-state index contributed by atoms with van der Waals surface area (Å²) in [6.07, 6.45) is -0.527. The zero-order valence-electron chi connectivity index (χ0n) is 19.0. The van der Waals surface area contributed by atoms with E-state index in [0.717, 1.165) is 33.4 Å². The molecule has 1 atom stereocenters. The van der Waals surface area contributed by atoms with Gasteiger partial charge in [0.2, 0.25) is 0 Å². The smallest absolute Gasteiger partial charge is 0.321 e. The first-order valence-corrected chi connectivity index (χ1v) is 11.5. The van der Waals surface area contributed by atoms with E-state index in [2.05, 4.69) is 0 Å². The molecule has 0 heterocycles. The third-order valence-corrected chi connectivity index (χ3v) is 6.77. The minimum absolute atomic E-state index is 0.253. The van der Waals surface area contributed by atoms with Gasteiger partial charge in [0.15, 0.2) is 0 Å². The van der Waals surface area contributed by atoms with Crippen molar-refractivity contribution >= 4 is 11.9 Å². The molecule has 4 aromatic carbocycles. The van der Waals surface area contributed by atoms with E-state index in [9.17, 15) is 19.8 Å². The van der Waals surface area contributed by atoms with Crippen LogP contribution in [-0.4, -0.2) is 33.1 Å². The van der Waals surface area contributed by atoms with Gasteiger partial charge < -0.3 is 10.2 Å². The molecule has 0 radical (unpaired) electrons. The predicted octanol–water partition coefficient (Wildman–Crippen LogP) is 5.39. The average molecular weight is 464 g/mol. The van der Waals surface area contributed by atoms with Gasteiger partial charge in [0.05, 0.1) is 12.0 Å². The summed E-state index contributed by atoms with van der Waals surface area (Å²) in [7, 11) is 0. The molecule has 4 aromatic rings. The number of carboxylic acid groups (broad SMARTS) is 2. The van der Waals surface area contributed by atoms with Crippen LogP contribution in [0.1, 0.15) is 28.7 Å². The molecule has 35 heavy (non-hydrogen) atoms. The zero-order chi connectivity index (χ0) is 24.4. The van der Waals surface area contributed by atoms with Crippen molar-refractivity contribution in [2.75, 3.05) is 0 Å². The minimum Gasteiger partial charge on any atom is -0.481 e. The highest BCUT2D eigenvalue weighted by molar-refractivity contribution is 5.85. The van der Waals surface area contributed by atoms with Gasteiger partial charge in [0.25, 0.3) is 0 Å². The van der Waals surface area contributed by atoms with Gasteiger partial charge >= 0.3 is 11.9 Å². The maximum atomic E-state index is 12.7. The first-order chi connectivity index (χ1) is 17.0. The quantitative estimate of drug-likeness (QED) is 0.366. The van der Waals surface area contributed by atoms with Crippen LogP contribution in [0.15, 0.2) is 109 Å². The monoisotopic (exact) mass is 463 g/mol. The number of carboxylic acids is 2. The van der Waals surface area contributed by atoms with Gasteiger partial charge in [-0.25, -0.2) is 0 Å². The van der Waals surface area contributed by atoms with Gasteiger partial charge in [0.1, 0.15) is 6.04 Å². The van der Waals surface area contributed by atoms with Crippen molar-refractivity contribution in [2.45, 2.75) is 24.5 Å². The van der Waals surface area contributed by atoms with E-state index < -0.39 is 29.9 Å². The summed E-state index contributed by atoms with van der Waals surface area (Å²) in [6, 6.07) is 34.2. The van der Waals surface area contributed by atoms with Crippen LogP contribution in [0, 0.1) is 0 Å². The zero-order valence-corrected chi connectivity index (χ0v) is 19.0. The standard InChI is InChI=1S/C30H25NO4/c32-28(33)19-27(29(34)35)31(20-21-11-3-1-4-12-21)30(22-13-5-2-6-14-22)25-17-9-7-15-23(25)24-16-8-10-18-26(24)30/h1-18,27H,19-20H2,(H,32,33)(H,34,35)/t27-/m0/s1. The third kappa shape index (κ3) is 3.80. The molecule has 0 bridgehead atoms. The maximum Gasteiger partial charge on any atom is 0.321 e. The molecule has 1 aliphatic rings. The van der Waals surface area contributed by atoms with Crippen molar-refractivity contribution in [3.05, 3.63) is 131 Å². The number of nitrogens with zero attached hydrogens (tertiary/aromatic N) is 1. The van der Waals surface area contributed by atoms with E-state index in [1.54, 1.807) is 0 Å². The van der Waals surface area contributed by atoms with Crippen LogP contribution in [0.25, 0.3) is 11.1 Å². The number of benzene rings is 4. The number of rotatable bonds is 8. The fourth-order valence-electron chi connectivity index (χ4n) is 5.42. The molecule has 5 nitrogen and oxygen atoms in total. The molecule has 174 valence electrons. The number of aliphatic carboxylic acids is 2. The van der Waals surface area contributed by atoms with Crippen LogP contribution < -0.4 is 0 Å². The summed E-state index contributed by atoms with van der Waals surface area (Å²) in [5.74, 6) is -2.32. The molecule has 0 fully saturated rings. The van der Waals surface area contributed by atoms with Crippen molar-refractivity contribution in [3.63, 3.8) is 0 Å². The van der Waals surface area contributed by atoms with E-state index >= 15 is 0 Å². The maximum absolute atomic E-state index is 12.7. The van der Waals surface area contributed by atoms with Crippen LogP contribution in [-0.2, 0) is 21.7 Å². The Bertz CT molecular complexity index is 1320. The highest BCUT2D eigenvalue weighted by atomic mass is 16.4. The van der Waals surface area contributed by atoms with E-state index in [-0.39, 0.29) is 6.54 Å². The summed E-state index contributed by atoms with van der Waals surface area (Å²) < 4.78 is 0. The van der Waals surface area contributed by atoms with Gasteiger partial charge in [-0.05, 0) is 33.4 Å². The first-order valence-electron chi connectivity index (χ1n) is 11.5. The van der Waals surface area contributed by atoms with Crippen LogP contribution in [0.3, 0.4) is 0 Å². The molecule has 0 saturated heterocycles. The van der Waals surface area contributed by atoms with Gasteiger partial charge in [-0.2, -0.15) is 0 Å². The Morgan fingerprint density at radius 1 is 0.686 bits per heavy atom. The number of carbonyl (C=O) groups is 2. The van der Waals surface area contributed by atoms with Crippen LogP contribution in [0.5, 0.6) is 0 Å². The van der Waals surface area contributed by atoms with Crippen LogP contribution in [0.4, 0.5) is 0 Å². The molecule has 0 amide bonds. The van der Waals surface area contributed by atoms with E-state index in [1.165, 1.54) is 0 Å². The average Bonchev–Trinajstić information content (AvgIpc) is 3.18. The highest BCUT2D eigenvalue weighted by Gasteiger charge is 2.52. The van der Waals surface area contributed by atoms with Crippen molar-refractivity contribution in [3.8, 4) is 11.1 Å². The van der Waals surface area contributed by atoms with Gasteiger partial charge in [-0.15, -0.1) is 0 Å². The molecule has 0 spiro atoms. The molecule has 2 N–H and O–H groups in total. The molecule has 1 aliphatic carbocycles. The van der Waals surface area contributed by atoms with Gasteiger partial charge in [-0.3, -0.25) is 14.5 Å². The largest absolute Gasteiger partial charge is 0.481 e. The van der Waals surface area contributed by atoms with Gasteiger partial charge in [0, 0.05) is 6.54 Å². The molecule has 0 unspecified atom stereocenters. The third-order valence-electron chi connectivity index (χ3n) is 6.77. The summed E-state index contributed by atoms with van der Waals surface area (Å²) in [5.41, 5.74) is 4.73. The summed E-state index contributed by atoms with van der Waals surface area (Å²) >= 11 is 0. The van der Waals surface area contributed by atoms with Crippen molar-refractivity contribution in [1.29, 1.82) is 0 Å². The Labute approximate surface area is 203 Å². The van der Waals surface area contributed by atoms with Crippen molar-refractivity contribution in [2.24, 2.45) is 0 Å². The second kappa shape index (κ2) is 9.20. The molecule has 5 heteroatoms. The highest BCUT2D eigenvalue weighted by Crippen LogP contribution is 2.55. The lowest BCUT2D eigenvalue weighted by atomic mass is 9.77. The predicted molar refractivity (Wildman–Crippen MR) is 134 cm³/mol. The fraction of sp³-hybridized carbons (Fsp3) is 0.133. The molecule has 0 aromatic heterocycles. The van der Waals surface area contributed by atoms with Crippen molar-refractivity contribution in [1.82, 2.24) is 4.90 Å². The Balaban J connectivity index is 1.87. The number of hydrogen-bond donors (Lipinski definition) is 2. The Morgan fingerprint density at radius 2 is 1.17 bits per heavy atom. The number of hydrogen-bond acceptors (Lipinski definition) is 3. The lowest BCUT2D eigenvalue weighted by Gasteiger charge is -2.46. The van der Waals surface area contributed by atoms with Crippen LogP contribution in [0.2, 0.25) is 0 Å². The molecular weight excluding hydrogens is 438 g/mol. The fourth-order valence-corrected chi connectivity index (χ4v) is 5.42. The minimum atomic E-state index is -1.27. The first kappa shape index (κ1) is 22.6. The van der Waals surface area contributed by atoms with Crippen LogP contribution >= 0.6 is 0 Å². The number of fused-ring (bicyclic) bond motifs is 3. The van der Waals surface area contributed by atoms with E-state index in [4.69, 9.17) is 0 Å². The Morgan fingerprint density at radius 3 is 1.69 bits per heavy atom. The summed E-state index contributed by atoms with van der Waals surface area (Å²) in [5, 5.41) is 20.1. The summed E-state index contributed by atoms with van der Waals surface area (Å²) in [4.78, 5) is 26.5. The second-order valence-corrected chi connectivity index (χ2v) is 8.73. The molecular formula is C30H25NO4. The van der Waals surface area contributed by atoms with Crippen molar-refractivity contribution < 1.29 is 19.8 Å². The molecule has 0 saturated carbocycles. The molecule has 5 rings (SSSR count). The normalized spacial score (nSPS) is 14.2. The topological polar surface area (TPSA) is 77.8 Å². The molecule has 0 aliphatic heterocycles. The Kier molecular flexibility index (Phi) is 5.93. The van der Waals surface area contributed by atoms with Gasteiger partial charge in [-0.1, -0.05) is 109 Å². The second-order valence-electron chi connectivity index (χ2n) is 8.73. The lowest BCUT2D eigenvalue weighted by molar-refractivity contribution is -0.152.